The predicted molar refractivity (Wildman–Crippen MR) is 69.4 cm³/mol. The molecular weight excluding hydrogens is 244 g/mol. The largest absolute Gasteiger partial charge is 0.547 e. The lowest BCUT2D eigenvalue weighted by atomic mass is 10.1. The van der Waals surface area contributed by atoms with Crippen LogP contribution >= 0.6 is 0 Å². The fourth-order valence-electron chi connectivity index (χ4n) is 2.23. The van der Waals surface area contributed by atoms with Crippen LogP contribution in [-0.4, -0.2) is 35.8 Å². The first kappa shape index (κ1) is 15.6. The van der Waals surface area contributed by atoms with E-state index < -0.39 is 12.1 Å². The van der Waals surface area contributed by atoms with Crippen molar-refractivity contribution in [3.05, 3.63) is 29.6 Å². The minimum atomic E-state index is -1.44. The van der Waals surface area contributed by atoms with Gasteiger partial charge in [-0.15, -0.1) is 0 Å². The number of aliphatic carboxylic acids is 1. The van der Waals surface area contributed by atoms with Crippen molar-refractivity contribution in [2.45, 2.75) is 38.8 Å². The van der Waals surface area contributed by atoms with E-state index >= 15 is 0 Å². The summed E-state index contributed by atoms with van der Waals surface area (Å²) < 4.78 is 0. The Labute approximate surface area is 113 Å². The Kier molecular flexibility index (Phi) is 5.92. The normalized spacial score (nSPS) is 23.4. The van der Waals surface area contributed by atoms with E-state index in [0.29, 0.717) is 6.04 Å². The van der Waals surface area contributed by atoms with Gasteiger partial charge in [0.2, 0.25) is 0 Å². The molecule has 0 saturated carbocycles. The second-order valence-electron chi connectivity index (χ2n) is 5.08. The summed E-state index contributed by atoms with van der Waals surface area (Å²) >= 11 is 0. The van der Waals surface area contributed by atoms with Crippen LogP contribution in [0.2, 0.25) is 0 Å². The van der Waals surface area contributed by atoms with Gasteiger partial charge in [0.1, 0.15) is 6.04 Å². The van der Waals surface area contributed by atoms with Crippen LogP contribution in [-0.2, 0) is 4.79 Å². The summed E-state index contributed by atoms with van der Waals surface area (Å²) in [6.45, 7) is 4.55. The van der Waals surface area contributed by atoms with E-state index in [-0.39, 0.29) is 0 Å². The highest BCUT2D eigenvalue weighted by molar-refractivity contribution is 5.68. The van der Waals surface area contributed by atoms with Gasteiger partial charge in [0, 0.05) is 30.8 Å². The summed E-state index contributed by atoms with van der Waals surface area (Å²) in [7, 11) is 2.28. The monoisotopic (exact) mass is 266 g/mol. The maximum absolute atomic E-state index is 9.34. The fourth-order valence-corrected chi connectivity index (χ4v) is 2.23. The number of aryl methyl sites for hydroxylation is 1. The number of carboxylic acids is 1. The molecule has 5 heteroatoms. The summed E-state index contributed by atoms with van der Waals surface area (Å²) in [5.41, 5.74) is 2.69. The first-order chi connectivity index (χ1) is 8.91. The number of nitrogens with one attached hydrogen (secondary N) is 1. The number of hydrogen-bond acceptors (Lipinski definition) is 4. The van der Waals surface area contributed by atoms with E-state index in [2.05, 4.69) is 25.0 Å². The lowest BCUT2D eigenvalue weighted by Gasteiger charge is -2.16. The topological polar surface area (TPSA) is 77.7 Å². The van der Waals surface area contributed by atoms with E-state index in [0.717, 1.165) is 6.92 Å². The molecule has 0 aliphatic carbocycles. The van der Waals surface area contributed by atoms with E-state index in [4.69, 9.17) is 5.11 Å². The fraction of sp³-hybridized carbons (Fsp3) is 0.571. The van der Waals surface area contributed by atoms with Gasteiger partial charge in [0.05, 0.1) is 25.7 Å². The zero-order valence-corrected chi connectivity index (χ0v) is 11.7. The maximum atomic E-state index is 9.34. The van der Waals surface area contributed by atoms with E-state index in [9.17, 15) is 9.90 Å². The number of carbonyl (C=O) groups excluding carboxylic acids is 1. The molecule has 3 atom stereocenters. The first-order valence-electron chi connectivity index (χ1n) is 6.54. The summed E-state index contributed by atoms with van der Waals surface area (Å²) in [6.07, 6.45) is 5.27. The number of carbonyl (C=O) groups is 1. The molecule has 0 bridgehead atoms. The number of nitrogens with zero attached hydrogens (tertiary/aromatic N) is 1. The van der Waals surface area contributed by atoms with Crippen LogP contribution in [0.4, 0.5) is 0 Å². The van der Waals surface area contributed by atoms with Crippen LogP contribution in [0.5, 0.6) is 0 Å². The van der Waals surface area contributed by atoms with Gasteiger partial charge in [-0.1, -0.05) is 0 Å². The third kappa shape index (κ3) is 4.96. The molecule has 2 unspecified atom stereocenters. The van der Waals surface area contributed by atoms with Gasteiger partial charge in [-0.2, -0.15) is 0 Å². The first-order valence-corrected chi connectivity index (χ1v) is 6.54. The van der Waals surface area contributed by atoms with Gasteiger partial charge in [-0.3, -0.25) is 4.98 Å². The summed E-state index contributed by atoms with van der Waals surface area (Å²) in [6, 6.07) is 2.96. The van der Waals surface area contributed by atoms with Gasteiger partial charge in [-0.25, -0.2) is 0 Å². The zero-order valence-electron chi connectivity index (χ0n) is 11.7. The summed E-state index contributed by atoms with van der Waals surface area (Å²) in [5.74, 6) is -1.44. The SMILES string of the molecule is CC(O)C(=O)[O-].Cc1cncc([C@@H]2CCC[NH+]2C)c1. The van der Waals surface area contributed by atoms with Gasteiger partial charge in [-0.05, 0) is 25.5 Å². The molecule has 2 heterocycles. The second-order valence-corrected chi connectivity index (χ2v) is 5.08. The number of likely N-dealkylation sites (tertiary alicyclic amines) is 1. The Morgan fingerprint density at radius 3 is 2.63 bits per heavy atom. The molecule has 0 amide bonds. The Morgan fingerprint density at radius 2 is 2.21 bits per heavy atom. The Hall–Kier alpha value is -1.46. The van der Waals surface area contributed by atoms with Crippen LogP contribution in [0.3, 0.4) is 0 Å². The number of rotatable bonds is 2. The van der Waals surface area contributed by atoms with Crippen LogP contribution in [0.25, 0.3) is 0 Å². The molecule has 1 aromatic rings. The third-order valence-corrected chi connectivity index (χ3v) is 3.30. The van der Waals surface area contributed by atoms with Gasteiger partial charge < -0.3 is 19.9 Å². The number of aromatic nitrogens is 1. The molecule has 2 rings (SSSR count). The van der Waals surface area contributed by atoms with Crippen molar-refractivity contribution in [1.29, 1.82) is 0 Å². The second kappa shape index (κ2) is 7.21. The van der Waals surface area contributed by atoms with E-state index in [1.165, 1.54) is 30.5 Å². The molecule has 0 aromatic carbocycles. The molecule has 106 valence electrons. The van der Waals surface area contributed by atoms with Crippen molar-refractivity contribution in [3.63, 3.8) is 0 Å². The quantitative estimate of drug-likeness (QED) is 0.709. The van der Waals surface area contributed by atoms with Crippen LogP contribution < -0.4 is 10.0 Å². The molecule has 1 fully saturated rings. The van der Waals surface area contributed by atoms with Crippen LogP contribution in [0.15, 0.2) is 18.5 Å². The molecular formula is C14H22N2O3. The van der Waals surface area contributed by atoms with Crippen molar-refractivity contribution < 1.29 is 19.9 Å². The van der Waals surface area contributed by atoms with Crippen molar-refractivity contribution in [3.8, 4) is 0 Å². The lowest BCUT2D eigenvalue weighted by Crippen LogP contribution is -3.07. The number of aliphatic hydroxyl groups is 1. The molecule has 1 saturated heterocycles. The minimum Gasteiger partial charge on any atom is -0.547 e. The lowest BCUT2D eigenvalue weighted by molar-refractivity contribution is -0.898. The van der Waals surface area contributed by atoms with E-state index in [1.54, 1.807) is 4.90 Å². The van der Waals surface area contributed by atoms with Crippen LogP contribution in [0.1, 0.15) is 36.9 Å². The molecule has 0 spiro atoms. The Balaban J connectivity index is 0.000000258. The van der Waals surface area contributed by atoms with Crippen molar-refractivity contribution in [2.75, 3.05) is 13.6 Å². The number of pyridine rings is 1. The summed E-state index contributed by atoms with van der Waals surface area (Å²) in [5, 5.41) is 17.3. The van der Waals surface area contributed by atoms with E-state index in [1.807, 2.05) is 12.4 Å². The number of aliphatic hydroxyl groups excluding tert-OH is 1. The zero-order chi connectivity index (χ0) is 14.4. The minimum absolute atomic E-state index is 0.687. The molecule has 1 aliphatic heterocycles. The molecule has 19 heavy (non-hydrogen) atoms. The molecule has 1 aromatic heterocycles. The molecule has 1 aliphatic rings. The van der Waals surface area contributed by atoms with Gasteiger partial charge in [0.15, 0.2) is 0 Å². The highest BCUT2D eigenvalue weighted by Crippen LogP contribution is 2.18. The Morgan fingerprint density at radius 1 is 1.58 bits per heavy atom. The smallest absolute Gasteiger partial charge is 0.115 e. The van der Waals surface area contributed by atoms with Gasteiger partial charge >= 0.3 is 0 Å². The number of hydrogen-bond donors (Lipinski definition) is 2. The highest BCUT2D eigenvalue weighted by atomic mass is 16.4. The van der Waals surface area contributed by atoms with Crippen molar-refractivity contribution in [2.24, 2.45) is 0 Å². The molecule has 5 nitrogen and oxygen atoms in total. The van der Waals surface area contributed by atoms with Crippen molar-refractivity contribution >= 4 is 5.97 Å². The van der Waals surface area contributed by atoms with Gasteiger partial charge in [0.25, 0.3) is 0 Å². The van der Waals surface area contributed by atoms with Crippen LogP contribution in [0, 0.1) is 6.92 Å². The number of carboxylic acid groups (broad SMARTS) is 1. The molecule has 2 N–H and O–H groups in total. The number of quaternary nitrogens is 1. The maximum Gasteiger partial charge on any atom is 0.115 e. The molecule has 0 radical (unpaired) electrons. The highest BCUT2D eigenvalue weighted by Gasteiger charge is 2.26. The summed E-state index contributed by atoms with van der Waals surface area (Å²) in [4.78, 5) is 15.2. The standard InChI is InChI=1S/C11H16N2.C3H6O3/c1-9-6-10(8-12-7-9)11-4-3-5-13(11)2;1-2(4)3(5)6/h6-8,11H,3-5H2,1-2H3;2,4H,1H3,(H,5,6)/t11-;/m0./s1. The third-order valence-electron chi connectivity index (χ3n) is 3.30. The average molecular weight is 266 g/mol. The van der Waals surface area contributed by atoms with Crippen molar-refractivity contribution in [1.82, 2.24) is 4.98 Å². The Bertz CT molecular complexity index is 421. The predicted octanol–water partition coefficient (Wildman–Crippen LogP) is -1.14. The average Bonchev–Trinajstić information content (AvgIpc) is 2.76.